The third kappa shape index (κ3) is 2.96. The van der Waals surface area contributed by atoms with E-state index in [4.69, 9.17) is 23.2 Å². The fraction of sp³-hybridized carbons (Fsp3) is 0.294. The van der Waals surface area contributed by atoms with Crippen LogP contribution in [-0.4, -0.2) is 10.9 Å². The maximum atomic E-state index is 12.7. The van der Waals surface area contributed by atoms with Gasteiger partial charge in [-0.25, -0.2) is 0 Å². The lowest BCUT2D eigenvalue weighted by atomic mass is 9.90. The van der Waals surface area contributed by atoms with Crippen molar-refractivity contribution in [2.24, 2.45) is 5.92 Å². The van der Waals surface area contributed by atoms with Crippen LogP contribution in [0.5, 0.6) is 0 Å². The summed E-state index contributed by atoms with van der Waals surface area (Å²) < 4.78 is 0. The maximum Gasteiger partial charge on any atom is 0.230 e. The second-order valence-electron chi connectivity index (χ2n) is 5.58. The Bertz CT molecular complexity index is 687. The first-order chi connectivity index (χ1) is 10.6. The van der Waals surface area contributed by atoms with E-state index >= 15 is 0 Å². The van der Waals surface area contributed by atoms with Gasteiger partial charge in [0.25, 0.3) is 0 Å². The molecule has 1 aromatic carbocycles. The number of hydrogen-bond donors (Lipinski definition) is 0. The van der Waals surface area contributed by atoms with E-state index in [2.05, 4.69) is 4.98 Å². The van der Waals surface area contributed by atoms with Crippen LogP contribution in [0.25, 0.3) is 0 Å². The number of hydrogen-bond acceptors (Lipinski definition) is 2. The van der Waals surface area contributed by atoms with Crippen molar-refractivity contribution in [1.82, 2.24) is 4.98 Å². The largest absolute Gasteiger partial charge is 0.303 e. The van der Waals surface area contributed by atoms with E-state index in [1.807, 2.05) is 42.2 Å². The molecule has 114 valence electrons. The lowest BCUT2D eigenvalue weighted by molar-refractivity contribution is -0.124. The normalized spacial score (nSPS) is 22.0. The number of carbonyl (C=O) groups is 1. The lowest BCUT2D eigenvalue weighted by Gasteiger charge is -2.38. The fourth-order valence-electron chi connectivity index (χ4n) is 2.85. The zero-order valence-corrected chi connectivity index (χ0v) is 13.7. The molecule has 5 heteroatoms. The summed E-state index contributed by atoms with van der Waals surface area (Å²) in [6.45, 7) is 1.96. The molecule has 3 nitrogen and oxygen atoms in total. The highest BCUT2D eigenvalue weighted by Gasteiger charge is 2.35. The Morgan fingerprint density at radius 3 is 2.64 bits per heavy atom. The molecule has 22 heavy (non-hydrogen) atoms. The highest BCUT2D eigenvalue weighted by atomic mass is 35.5. The van der Waals surface area contributed by atoms with E-state index < -0.39 is 0 Å². The molecule has 1 fully saturated rings. The molecule has 1 amide bonds. The first kappa shape index (κ1) is 15.3. The van der Waals surface area contributed by atoms with Crippen molar-refractivity contribution in [3.8, 4) is 0 Å². The van der Waals surface area contributed by atoms with Gasteiger partial charge in [-0.05, 0) is 43.2 Å². The molecule has 2 aromatic rings. The van der Waals surface area contributed by atoms with Gasteiger partial charge in [0, 0.05) is 22.8 Å². The molecule has 0 bridgehead atoms. The van der Waals surface area contributed by atoms with Crippen LogP contribution >= 0.6 is 23.2 Å². The Morgan fingerprint density at radius 2 is 1.95 bits per heavy atom. The predicted octanol–water partition coefficient (Wildman–Crippen LogP) is 4.89. The van der Waals surface area contributed by atoms with Crippen molar-refractivity contribution in [2.45, 2.75) is 25.8 Å². The van der Waals surface area contributed by atoms with Crippen LogP contribution in [0, 0.1) is 5.92 Å². The molecule has 1 aliphatic rings. The van der Waals surface area contributed by atoms with Crippen LogP contribution in [0.15, 0.2) is 42.6 Å². The molecule has 0 spiro atoms. The lowest BCUT2D eigenvalue weighted by Crippen LogP contribution is -2.43. The minimum atomic E-state index is -0.0839. The van der Waals surface area contributed by atoms with Crippen molar-refractivity contribution < 1.29 is 4.79 Å². The van der Waals surface area contributed by atoms with Crippen LogP contribution < -0.4 is 4.90 Å². The Morgan fingerprint density at radius 1 is 1.14 bits per heavy atom. The SMILES string of the molecule is CC1CCC(c2ccc(Cl)cn2)N(c2cccc(Cl)c2)C1=O. The molecule has 0 aliphatic carbocycles. The van der Waals surface area contributed by atoms with E-state index in [0.717, 1.165) is 24.2 Å². The van der Waals surface area contributed by atoms with Gasteiger partial charge in [-0.2, -0.15) is 0 Å². The van der Waals surface area contributed by atoms with Crippen LogP contribution in [0.2, 0.25) is 10.0 Å². The number of piperidine rings is 1. The zero-order valence-electron chi connectivity index (χ0n) is 12.2. The minimum absolute atomic E-state index is 0.00234. The number of carbonyl (C=O) groups excluding carboxylic acids is 1. The number of rotatable bonds is 2. The van der Waals surface area contributed by atoms with Gasteiger partial charge in [0.2, 0.25) is 5.91 Å². The van der Waals surface area contributed by atoms with Gasteiger partial charge < -0.3 is 4.90 Å². The molecule has 2 heterocycles. The van der Waals surface area contributed by atoms with Gasteiger partial charge in [-0.15, -0.1) is 0 Å². The van der Waals surface area contributed by atoms with E-state index in [1.165, 1.54) is 0 Å². The number of benzene rings is 1. The Balaban J connectivity index is 2.03. The molecule has 2 atom stereocenters. The number of halogens is 2. The predicted molar refractivity (Wildman–Crippen MR) is 89.3 cm³/mol. The average molecular weight is 335 g/mol. The Kier molecular flexibility index (Phi) is 4.37. The van der Waals surface area contributed by atoms with E-state index in [9.17, 15) is 4.79 Å². The summed E-state index contributed by atoms with van der Waals surface area (Å²) in [7, 11) is 0. The second-order valence-corrected chi connectivity index (χ2v) is 6.46. The monoisotopic (exact) mass is 334 g/mol. The standard InChI is InChI=1S/C17H16Cl2N2O/c1-11-5-8-16(15-7-6-13(19)10-20-15)21(17(11)22)14-4-2-3-12(18)9-14/h2-4,6-7,9-11,16H,5,8H2,1H3. The van der Waals surface area contributed by atoms with Gasteiger partial charge in [0.1, 0.15) is 0 Å². The molecular formula is C17H16Cl2N2O. The Labute approximate surface area is 139 Å². The summed E-state index contributed by atoms with van der Waals surface area (Å²) in [6.07, 6.45) is 3.34. The van der Waals surface area contributed by atoms with Crippen LogP contribution in [0.3, 0.4) is 0 Å². The van der Waals surface area contributed by atoms with Gasteiger partial charge in [-0.1, -0.05) is 36.2 Å². The zero-order chi connectivity index (χ0) is 15.7. The molecule has 3 rings (SSSR count). The van der Waals surface area contributed by atoms with Gasteiger partial charge in [0.15, 0.2) is 0 Å². The summed E-state index contributed by atoms with van der Waals surface area (Å²) in [6, 6.07) is 11.0. The van der Waals surface area contributed by atoms with Gasteiger partial charge in [0.05, 0.1) is 16.8 Å². The molecule has 1 aromatic heterocycles. The highest BCUT2D eigenvalue weighted by molar-refractivity contribution is 6.31. The minimum Gasteiger partial charge on any atom is -0.303 e. The van der Waals surface area contributed by atoms with Crippen molar-refractivity contribution >= 4 is 34.8 Å². The second kappa shape index (κ2) is 6.27. The average Bonchev–Trinajstić information content (AvgIpc) is 2.51. The first-order valence-corrected chi connectivity index (χ1v) is 8.02. The van der Waals surface area contributed by atoms with Crippen molar-refractivity contribution in [2.75, 3.05) is 4.90 Å². The summed E-state index contributed by atoms with van der Waals surface area (Å²) >= 11 is 12.0. The van der Waals surface area contributed by atoms with E-state index in [0.29, 0.717) is 10.0 Å². The number of aromatic nitrogens is 1. The molecule has 0 radical (unpaired) electrons. The third-order valence-corrected chi connectivity index (χ3v) is 4.48. The quantitative estimate of drug-likeness (QED) is 0.783. The maximum absolute atomic E-state index is 12.7. The Hall–Kier alpha value is -1.58. The van der Waals surface area contributed by atoms with Gasteiger partial charge >= 0.3 is 0 Å². The van der Waals surface area contributed by atoms with Crippen molar-refractivity contribution in [3.63, 3.8) is 0 Å². The molecule has 1 saturated heterocycles. The smallest absolute Gasteiger partial charge is 0.230 e. The third-order valence-electron chi connectivity index (χ3n) is 4.02. The summed E-state index contributed by atoms with van der Waals surface area (Å²) in [5.41, 5.74) is 1.66. The van der Waals surface area contributed by atoms with Crippen LogP contribution in [-0.2, 0) is 4.79 Å². The number of pyridine rings is 1. The van der Waals surface area contributed by atoms with Gasteiger partial charge in [-0.3, -0.25) is 9.78 Å². The molecule has 1 aliphatic heterocycles. The first-order valence-electron chi connectivity index (χ1n) is 7.26. The molecular weight excluding hydrogens is 319 g/mol. The number of nitrogens with zero attached hydrogens (tertiary/aromatic N) is 2. The van der Waals surface area contributed by atoms with Crippen molar-refractivity contribution in [3.05, 3.63) is 58.3 Å². The van der Waals surface area contributed by atoms with Crippen molar-refractivity contribution in [1.29, 1.82) is 0 Å². The number of amides is 1. The van der Waals surface area contributed by atoms with Crippen LogP contribution in [0.4, 0.5) is 5.69 Å². The topological polar surface area (TPSA) is 33.2 Å². The fourth-order valence-corrected chi connectivity index (χ4v) is 3.15. The summed E-state index contributed by atoms with van der Waals surface area (Å²) in [5, 5.41) is 1.21. The highest BCUT2D eigenvalue weighted by Crippen LogP contribution is 2.37. The summed E-state index contributed by atoms with van der Waals surface area (Å²) in [5.74, 6) is 0.109. The van der Waals surface area contributed by atoms with E-state index in [1.54, 1.807) is 12.3 Å². The molecule has 0 saturated carbocycles. The van der Waals surface area contributed by atoms with E-state index in [-0.39, 0.29) is 17.9 Å². The number of anilines is 1. The molecule has 2 unspecified atom stereocenters. The molecule has 0 N–H and O–H groups in total. The summed E-state index contributed by atoms with van der Waals surface area (Å²) in [4.78, 5) is 18.9. The van der Waals surface area contributed by atoms with Crippen LogP contribution in [0.1, 0.15) is 31.5 Å².